The molecule has 6 N–H and O–H groups in total. The Kier molecular flexibility index (Phi) is 13.9. The fourth-order valence-corrected chi connectivity index (χ4v) is 3.86. The predicted octanol–water partition coefficient (Wildman–Crippen LogP) is 2.92. The van der Waals surface area contributed by atoms with Gasteiger partial charge in [0.2, 0.25) is 0 Å². The van der Waals surface area contributed by atoms with E-state index in [0.717, 1.165) is 42.7 Å². The number of phenols is 1. The number of nitrogens with zero attached hydrogens (tertiary/aromatic N) is 2. The van der Waals surface area contributed by atoms with E-state index in [1.54, 1.807) is 32.3 Å². The van der Waals surface area contributed by atoms with Crippen LogP contribution >= 0.6 is 11.6 Å². The second-order valence-electron chi connectivity index (χ2n) is 7.50. The van der Waals surface area contributed by atoms with E-state index in [4.69, 9.17) is 21.8 Å². The van der Waals surface area contributed by atoms with Gasteiger partial charge >= 0.3 is 5.63 Å². The maximum atomic E-state index is 12.9. The number of nitrogen functional groups attached to an aromatic ring is 1. The maximum Gasteiger partial charge on any atom is 0.340 e. The topological polar surface area (TPSA) is 132 Å². The predicted molar refractivity (Wildman–Crippen MR) is 136 cm³/mol. The van der Waals surface area contributed by atoms with Crippen molar-refractivity contribution in [2.75, 3.05) is 53.1 Å². The molecule has 3 aromatic rings. The molecule has 1 aliphatic rings. The summed E-state index contributed by atoms with van der Waals surface area (Å²) in [5, 5.41) is 17.9. The summed E-state index contributed by atoms with van der Waals surface area (Å²) < 4.78 is 5.53. The Morgan fingerprint density at radius 3 is 2.44 bits per heavy atom. The number of anilines is 1. The number of nitrogens with one attached hydrogen (secondary N) is 1. The Balaban J connectivity index is 0.000000895. The van der Waals surface area contributed by atoms with Crippen LogP contribution in [0.1, 0.15) is 16.7 Å². The van der Waals surface area contributed by atoms with Crippen molar-refractivity contribution in [2.45, 2.75) is 13.0 Å². The van der Waals surface area contributed by atoms with Crippen molar-refractivity contribution in [1.82, 2.24) is 10.2 Å². The minimum atomic E-state index is -0.415. The zero-order valence-electron chi connectivity index (χ0n) is 20.0. The standard InChI is InChI=1S/C21H22ClN3O3.C2H6N.CH5N.Y/c22-20-13(2-1-3-18(20)23)10-16-17(12-25-8-6-24-7-9-25)15-5-4-14(26)11-19(15)28-21(16)27;1-3-2;1-2;/h1-5,11,24,26H,6-10,12,23H2;1-2H3;2H2,1H3;/q;-1;;. The van der Waals surface area contributed by atoms with E-state index in [1.165, 1.54) is 13.1 Å². The summed E-state index contributed by atoms with van der Waals surface area (Å²) >= 11 is 6.37. The number of hydrogen-bond donors (Lipinski definition) is 4. The third-order valence-electron chi connectivity index (χ3n) is 5.17. The van der Waals surface area contributed by atoms with Gasteiger partial charge in [0.15, 0.2) is 0 Å². The Bertz CT molecular complexity index is 1100. The van der Waals surface area contributed by atoms with E-state index in [0.29, 0.717) is 34.8 Å². The first-order valence-corrected chi connectivity index (χ1v) is 11.1. The molecule has 8 nitrogen and oxygen atoms in total. The number of halogens is 1. The molecular formula is C24H33ClN5O3Y-. The average molecular weight is 564 g/mol. The van der Waals surface area contributed by atoms with Crippen LogP contribution in [-0.4, -0.2) is 57.3 Å². The van der Waals surface area contributed by atoms with E-state index in [2.05, 4.69) is 21.3 Å². The van der Waals surface area contributed by atoms with Crippen LogP contribution in [0, 0.1) is 0 Å². The number of benzene rings is 2. The molecule has 0 spiro atoms. The number of aromatic hydroxyl groups is 1. The average Bonchev–Trinajstić information content (AvgIpc) is 2.81. The summed E-state index contributed by atoms with van der Waals surface area (Å²) in [6.07, 6.45) is 0.338. The van der Waals surface area contributed by atoms with Gasteiger partial charge in [0, 0.05) is 88.9 Å². The molecule has 1 aromatic heterocycles. The molecule has 0 saturated carbocycles. The number of fused-ring (bicyclic) bond motifs is 1. The van der Waals surface area contributed by atoms with Gasteiger partial charge in [-0.2, -0.15) is 14.1 Å². The molecule has 0 atom stereocenters. The van der Waals surface area contributed by atoms with Crippen LogP contribution in [0.2, 0.25) is 5.02 Å². The van der Waals surface area contributed by atoms with Gasteiger partial charge in [-0.05, 0) is 36.4 Å². The zero-order chi connectivity index (χ0) is 24.4. The summed E-state index contributed by atoms with van der Waals surface area (Å²) in [5.74, 6) is 0.0652. The van der Waals surface area contributed by atoms with Crippen molar-refractivity contribution in [3.8, 4) is 5.75 Å². The van der Waals surface area contributed by atoms with Crippen LogP contribution in [0.25, 0.3) is 16.3 Å². The van der Waals surface area contributed by atoms with Gasteiger partial charge in [0.25, 0.3) is 0 Å². The number of hydrogen-bond acceptors (Lipinski definition) is 7. The van der Waals surface area contributed by atoms with E-state index in [1.807, 2.05) is 12.1 Å². The molecule has 0 bridgehead atoms. The number of piperazine rings is 1. The fourth-order valence-electron chi connectivity index (χ4n) is 3.67. The summed E-state index contributed by atoms with van der Waals surface area (Å²) in [6.45, 7) is 4.26. The second-order valence-corrected chi connectivity index (χ2v) is 7.88. The number of nitrogens with two attached hydrogens (primary N) is 2. The maximum absolute atomic E-state index is 12.9. The smallest absolute Gasteiger partial charge is 0.340 e. The number of phenolic OH excluding ortho intramolecular Hbond substituents is 1. The van der Waals surface area contributed by atoms with E-state index in [9.17, 15) is 9.90 Å². The molecule has 1 saturated heterocycles. The van der Waals surface area contributed by atoms with E-state index >= 15 is 0 Å². The van der Waals surface area contributed by atoms with Crippen molar-refractivity contribution in [2.24, 2.45) is 5.73 Å². The summed E-state index contributed by atoms with van der Waals surface area (Å²) in [6, 6.07) is 10.3. The summed E-state index contributed by atoms with van der Waals surface area (Å²) in [4.78, 5) is 15.2. The molecule has 183 valence electrons. The van der Waals surface area contributed by atoms with Gasteiger partial charge < -0.3 is 31.6 Å². The molecule has 4 rings (SSSR count). The van der Waals surface area contributed by atoms with Gasteiger partial charge in [0.05, 0.1) is 10.7 Å². The van der Waals surface area contributed by atoms with E-state index in [-0.39, 0.29) is 38.5 Å². The van der Waals surface area contributed by atoms with Crippen molar-refractivity contribution in [1.29, 1.82) is 0 Å². The first kappa shape index (κ1) is 30.5. The molecular weight excluding hydrogens is 531 g/mol. The zero-order valence-corrected chi connectivity index (χ0v) is 23.6. The van der Waals surface area contributed by atoms with Gasteiger partial charge in [0.1, 0.15) is 11.3 Å². The minimum Gasteiger partial charge on any atom is -0.668 e. The molecule has 1 aliphatic heterocycles. The molecule has 2 aromatic carbocycles. The SMILES string of the molecule is CN.C[N-]C.Nc1cccc(Cc2c(CN3CCNCC3)c3ccc(O)cc3oc2=O)c1Cl.[Y]. The largest absolute Gasteiger partial charge is 0.668 e. The van der Waals surface area contributed by atoms with Gasteiger partial charge in [-0.3, -0.25) is 4.90 Å². The Labute approximate surface area is 230 Å². The second kappa shape index (κ2) is 15.5. The Morgan fingerprint density at radius 1 is 1.15 bits per heavy atom. The monoisotopic (exact) mass is 563 g/mol. The first-order chi connectivity index (χ1) is 15.9. The molecule has 1 fully saturated rings. The third kappa shape index (κ3) is 8.02. The normalized spacial score (nSPS) is 13.2. The van der Waals surface area contributed by atoms with Gasteiger partial charge in [-0.15, -0.1) is 0 Å². The molecule has 1 radical (unpaired) electrons. The Morgan fingerprint density at radius 2 is 1.79 bits per heavy atom. The van der Waals surface area contributed by atoms with Crippen LogP contribution in [0.4, 0.5) is 5.69 Å². The van der Waals surface area contributed by atoms with Crippen molar-refractivity contribution < 1.29 is 42.2 Å². The summed E-state index contributed by atoms with van der Waals surface area (Å²) in [5.41, 5.74) is 13.2. The fraction of sp³-hybridized carbons (Fsp3) is 0.375. The first-order valence-electron chi connectivity index (χ1n) is 10.7. The van der Waals surface area contributed by atoms with Crippen LogP contribution in [-0.2, 0) is 45.7 Å². The molecule has 34 heavy (non-hydrogen) atoms. The summed E-state index contributed by atoms with van der Waals surface area (Å²) in [7, 11) is 5.00. The quantitative estimate of drug-likeness (QED) is 0.283. The third-order valence-corrected chi connectivity index (χ3v) is 5.63. The van der Waals surface area contributed by atoms with Crippen molar-refractivity contribution in [3.05, 3.63) is 73.8 Å². The molecule has 0 amide bonds. The van der Waals surface area contributed by atoms with Crippen LogP contribution < -0.4 is 22.4 Å². The Hall–Kier alpha value is -1.52. The van der Waals surface area contributed by atoms with Gasteiger partial charge in [-0.25, -0.2) is 4.79 Å². The van der Waals surface area contributed by atoms with Crippen LogP contribution in [0.15, 0.2) is 45.6 Å². The van der Waals surface area contributed by atoms with Crippen molar-refractivity contribution in [3.63, 3.8) is 0 Å². The minimum absolute atomic E-state index is 0. The van der Waals surface area contributed by atoms with Crippen LogP contribution in [0.3, 0.4) is 0 Å². The molecule has 2 heterocycles. The van der Waals surface area contributed by atoms with Crippen molar-refractivity contribution >= 4 is 28.3 Å². The van der Waals surface area contributed by atoms with Gasteiger partial charge in [-0.1, -0.05) is 23.7 Å². The van der Waals surface area contributed by atoms with Crippen LogP contribution in [0.5, 0.6) is 5.75 Å². The molecule has 0 unspecified atom stereocenters. The molecule has 0 aliphatic carbocycles. The van der Waals surface area contributed by atoms with E-state index < -0.39 is 5.63 Å². The molecule has 10 heteroatoms. The number of rotatable bonds is 4.